The number of hydrogen-bond acceptors (Lipinski definition) is 4. The highest BCUT2D eigenvalue weighted by atomic mass is 35.6. The molecule has 1 atom stereocenters. The fraction of sp³-hybridized carbons (Fsp3) is 0.750. The van der Waals surface area contributed by atoms with Gasteiger partial charge in [-0.3, -0.25) is 9.59 Å². The van der Waals surface area contributed by atoms with Crippen molar-refractivity contribution in [1.29, 1.82) is 0 Å². The van der Waals surface area contributed by atoms with Gasteiger partial charge < -0.3 is 14.9 Å². The standard InChI is InChI=1S/C8H11Cl3O5/c9-8(10,11)1-2-16-7(15)5(4-12)3-6(13)14/h5,12H,1-4H2,(H,13,14). The Bertz CT molecular complexity index is 251. The second-order valence-electron chi connectivity index (χ2n) is 3.01. The van der Waals surface area contributed by atoms with Crippen molar-refractivity contribution in [2.45, 2.75) is 16.6 Å². The van der Waals surface area contributed by atoms with E-state index in [2.05, 4.69) is 4.74 Å². The van der Waals surface area contributed by atoms with Gasteiger partial charge in [-0.05, 0) is 0 Å². The summed E-state index contributed by atoms with van der Waals surface area (Å²) >= 11 is 16.2. The summed E-state index contributed by atoms with van der Waals surface area (Å²) in [4.78, 5) is 21.5. The van der Waals surface area contributed by atoms with Crippen LogP contribution < -0.4 is 0 Å². The molecule has 8 heteroatoms. The highest BCUT2D eigenvalue weighted by Crippen LogP contribution is 2.29. The number of ether oxygens (including phenoxy) is 1. The first-order chi connectivity index (χ1) is 7.26. The van der Waals surface area contributed by atoms with Gasteiger partial charge in [0.2, 0.25) is 0 Å². The Balaban J connectivity index is 3.98. The molecular formula is C8H11Cl3O5. The summed E-state index contributed by atoms with van der Waals surface area (Å²) in [6, 6.07) is 0. The van der Waals surface area contributed by atoms with Crippen LogP contribution in [0.4, 0.5) is 0 Å². The number of aliphatic carboxylic acids is 1. The smallest absolute Gasteiger partial charge is 0.311 e. The fourth-order valence-electron chi connectivity index (χ4n) is 0.818. The maximum absolute atomic E-state index is 11.2. The third kappa shape index (κ3) is 7.98. The summed E-state index contributed by atoms with van der Waals surface area (Å²) in [7, 11) is 0. The molecule has 0 saturated carbocycles. The lowest BCUT2D eigenvalue weighted by Gasteiger charge is -2.14. The highest BCUT2D eigenvalue weighted by Gasteiger charge is 2.24. The van der Waals surface area contributed by atoms with Crippen LogP contribution in [0.1, 0.15) is 12.8 Å². The van der Waals surface area contributed by atoms with Gasteiger partial charge in [-0.2, -0.15) is 0 Å². The molecule has 0 saturated heterocycles. The lowest BCUT2D eigenvalue weighted by molar-refractivity contribution is -0.154. The molecule has 0 aliphatic carbocycles. The summed E-state index contributed by atoms with van der Waals surface area (Å²) < 4.78 is 3.13. The number of aliphatic hydroxyl groups is 1. The summed E-state index contributed by atoms with van der Waals surface area (Å²) in [5.74, 6) is -3.11. The van der Waals surface area contributed by atoms with E-state index in [4.69, 9.17) is 45.0 Å². The van der Waals surface area contributed by atoms with E-state index in [1.54, 1.807) is 0 Å². The number of carbonyl (C=O) groups excluding carboxylic acids is 1. The van der Waals surface area contributed by atoms with Crippen LogP contribution in [0.15, 0.2) is 0 Å². The molecule has 0 heterocycles. The van der Waals surface area contributed by atoms with Gasteiger partial charge in [0.15, 0.2) is 3.79 Å². The molecule has 0 aromatic heterocycles. The number of carboxylic acid groups (broad SMARTS) is 1. The molecule has 0 aliphatic heterocycles. The van der Waals surface area contributed by atoms with E-state index < -0.39 is 34.7 Å². The van der Waals surface area contributed by atoms with Crippen molar-refractivity contribution in [3.8, 4) is 0 Å². The largest absolute Gasteiger partial charge is 0.481 e. The zero-order valence-electron chi connectivity index (χ0n) is 8.16. The SMILES string of the molecule is O=C(O)CC(CO)C(=O)OCCC(Cl)(Cl)Cl. The van der Waals surface area contributed by atoms with E-state index in [1.165, 1.54) is 0 Å². The van der Waals surface area contributed by atoms with Crippen LogP contribution in [-0.4, -0.2) is 39.2 Å². The van der Waals surface area contributed by atoms with Gasteiger partial charge in [-0.15, -0.1) is 0 Å². The molecule has 0 aromatic carbocycles. The molecule has 0 bridgehead atoms. The molecule has 2 N–H and O–H groups in total. The van der Waals surface area contributed by atoms with E-state index >= 15 is 0 Å². The minimum Gasteiger partial charge on any atom is -0.481 e. The van der Waals surface area contributed by atoms with Crippen LogP contribution in [0.3, 0.4) is 0 Å². The Morgan fingerprint density at radius 3 is 2.25 bits per heavy atom. The highest BCUT2D eigenvalue weighted by molar-refractivity contribution is 6.67. The molecule has 0 spiro atoms. The summed E-state index contributed by atoms with van der Waals surface area (Å²) in [6.45, 7) is -0.746. The third-order valence-electron chi connectivity index (χ3n) is 1.60. The summed E-state index contributed by atoms with van der Waals surface area (Å²) in [6.07, 6.45) is -0.502. The van der Waals surface area contributed by atoms with E-state index in [9.17, 15) is 9.59 Å². The molecule has 0 radical (unpaired) electrons. The maximum Gasteiger partial charge on any atom is 0.311 e. The lowest BCUT2D eigenvalue weighted by Crippen LogP contribution is -2.25. The van der Waals surface area contributed by atoms with E-state index in [1.807, 2.05) is 0 Å². The van der Waals surface area contributed by atoms with Crippen molar-refractivity contribution >= 4 is 46.7 Å². The monoisotopic (exact) mass is 292 g/mol. The van der Waals surface area contributed by atoms with Crippen molar-refractivity contribution in [2.24, 2.45) is 5.92 Å². The number of halogens is 3. The number of hydrogen-bond donors (Lipinski definition) is 2. The minimum atomic E-state index is -1.53. The van der Waals surface area contributed by atoms with Crippen molar-refractivity contribution < 1.29 is 24.5 Å². The van der Waals surface area contributed by atoms with Crippen LogP contribution in [0.2, 0.25) is 0 Å². The van der Waals surface area contributed by atoms with Crippen LogP contribution in [-0.2, 0) is 14.3 Å². The Morgan fingerprint density at radius 1 is 1.31 bits per heavy atom. The molecule has 16 heavy (non-hydrogen) atoms. The maximum atomic E-state index is 11.2. The molecule has 0 fully saturated rings. The van der Waals surface area contributed by atoms with Gasteiger partial charge in [-0.25, -0.2) is 0 Å². The molecule has 1 unspecified atom stereocenters. The summed E-state index contributed by atoms with van der Waals surface area (Å²) in [5.41, 5.74) is 0. The zero-order chi connectivity index (χ0) is 12.8. The first-order valence-electron chi connectivity index (χ1n) is 4.32. The quantitative estimate of drug-likeness (QED) is 0.571. The van der Waals surface area contributed by atoms with Crippen molar-refractivity contribution in [3.05, 3.63) is 0 Å². The van der Waals surface area contributed by atoms with Crippen molar-refractivity contribution in [3.63, 3.8) is 0 Å². The average molecular weight is 294 g/mol. The first-order valence-corrected chi connectivity index (χ1v) is 5.45. The van der Waals surface area contributed by atoms with E-state index in [0.717, 1.165) is 0 Å². The van der Waals surface area contributed by atoms with Gasteiger partial charge >= 0.3 is 11.9 Å². The van der Waals surface area contributed by atoms with Crippen LogP contribution in [0.5, 0.6) is 0 Å². The predicted octanol–water partition coefficient (Wildman–Crippen LogP) is 1.37. The number of carboxylic acids is 1. The van der Waals surface area contributed by atoms with Crippen LogP contribution >= 0.6 is 34.8 Å². The van der Waals surface area contributed by atoms with E-state index in [0.29, 0.717) is 0 Å². The zero-order valence-corrected chi connectivity index (χ0v) is 10.4. The predicted molar refractivity (Wildman–Crippen MR) is 58.7 cm³/mol. The topological polar surface area (TPSA) is 83.8 Å². The first kappa shape index (κ1) is 15.8. The van der Waals surface area contributed by atoms with Gasteiger partial charge in [0.25, 0.3) is 0 Å². The fourth-order valence-corrected chi connectivity index (χ4v) is 1.05. The average Bonchev–Trinajstić information content (AvgIpc) is 2.11. The van der Waals surface area contributed by atoms with Crippen LogP contribution in [0.25, 0.3) is 0 Å². The van der Waals surface area contributed by atoms with Crippen molar-refractivity contribution in [1.82, 2.24) is 0 Å². The van der Waals surface area contributed by atoms with Gasteiger partial charge in [0, 0.05) is 6.42 Å². The second kappa shape index (κ2) is 7.17. The number of aliphatic hydroxyl groups excluding tert-OH is 1. The van der Waals surface area contributed by atoms with Crippen molar-refractivity contribution in [2.75, 3.05) is 13.2 Å². The number of rotatable bonds is 6. The van der Waals surface area contributed by atoms with Crippen LogP contribution in [0, 0.1) is 5.92 Å². The third-order valence-corrected chi connectivity index (χ3v) is 2.17. The van der Waals surface area contributed by atoms with Gasteiger partial charge in [-0.1, -0.05) is 34.8 Å². The number of carbonyl (C=O) groups is 2. The second-order valence-corrected chi connectivity index (χ2v) is 5.53. The Morgan fingerprint density at radius 2 is 1.88 bits per heavy atom. The van der Waals surface area contributed by atoms with Gasteiger partial charge in [0.05, 0.1) is 25.6 Å². The number of esters is 1. The summed E-state index contributed by atoms with van der Waals surface area (Å²) in [5, 5.41) is 17.2. The number of alkyl halides is 3. The van der Waals surface area contributed by atoms with E-state index in [-0.39, 0.29) is 13.0 Å². The molecule has 0 amide bonds. The molecule has 5 nitrogen and oxygen atoms in total. The molecule has 0 aromatic rings. The Labute approximate surface area is 107 Å². The normalized spacial score (nSPS) is 13.2. The Hall–Kier alpha value is -0.230. The lowest BCUT2D eigenvalue weighted by atomic mass is 10.1. The minimum absolute atomic E-state index is 0.00533. The molecular weight excluding hydrogens is 282 g/mol. The Kier molecular flexibility index (Phi) is 7.06. The molecule has 94 valence electrons. The molecule has 0 rings (SSSR count). The van der Waals surface area contributed by atoms with Gasteiger partial charge in [0.1, 0.15) is 0 Å². The molecule has 0 aliphatic rings.